The van der Waals surface area contributed by atoms with Gasteiger partial charge in [-0.3, -0.25) is 14.3 Å². The zero-order valence-electron chi connectivity index (χ0n) is 13.5. The lowest BCUT2D eigenvalue weighted by Gasteiger charge is -2.33. The average Bonchev–Trinajstić information content (AvgIpc) is 2.97. The Morgan fingerprint density at radius 2 is 2.21 bits per heavy atom. The molecule has 3 rings (SSSR count). The summed E-state index contributed by atoms with van der Waals surface area (Å²) in [6.07, 6.45) is 2.64. The second-order valence-electron chi connectivity index (χ2n) is 5.96. The van der Waals surface area contributed by atoms with Crippen LogP contribution in [0.2, 0.25) is 5.02 Å². The Morgan fingerprint density at radius 3 is 2.92 bits per heavy atom. The molecule has 24 heavy (non-hydrogen) atoms. The van der Waals surface area contributed by atoms with Crippen LogP contribution in [0.15, 0.2) is 30.5 Å². The van der Waals surface area contributed by atoms with E-state index in [1.807, 2.05) is 20.0 Å². The highest BCUT2D eigenvalue weighted by molar-refractivity contribution is 6.31. The zero-order chi connectivity index (χ0) is 17.3. The van der Waals surface area contributed by atoms with Crippen molar-refractivity contribution in [2.24, 2.45) is 7.05 Å². The van der Waals surface area contributed by atoms with E-state index in [2.05, 4.69) is 15.7 Å². The van der Waals surface area contributed by atoms with Crippen LogP contribution < -0.4 is 10.6 Å². The molecule has 2 amide bonds. The molecule has 1 saturated heterocycles. The smallest absolute Gasteiger partial charge is 0.251 e. The lowest BCUT2D eigenvalue weighted by molar-refractivity contribution is -0.123. The molecule has 2 heterocycles. The maximum atomic E-state index is 12.7. The highest BCUT2D eigenvalue weighted by Gasteiger charge is 2.33. The van der Waals surface area contributed by atoms with E-state index in [0.717, 1.165) is 11.3 Å². The van der Waals surface area contributed by atoms with Crippen molar-refractivity contribution in [3.8, 4) is 0 Å². The van der Waals surface area contributed by atoms with E-state index in [-0.39, 0.29) is 23.9 Å². The van der Waals surface area contributed by atoms with E-state index in [9.17, 15) is 9.59 Å². The van der Waals surface area contributed by atoms with Gasteiger partial charge in [0.2, 0.25) is 5.91 Å². The highest BCUT2D eigenvalue weighted by Crippen LogP contribution is 2.25. The Morgan fingerprint density at radius 1 is 1.42 bits per heavy atom. The summed E-state index contributed by atoms with van der Waals surface area (Å²) in [4.78, 5) is 24.5. The quantitative estimate of drug-likeness (QED) is 0.894. The maximum absolute atomic E-state index is 12.7. The van der Waals surface area contributed by atoms with Gasteiger partial charge >= 0.3 is 0 Å². The fourth-order valence-electron chi connectivity index (χ4n) is 3.02. The molecule has 1 aromatic carbocycles. The number of aromatic nitrogens is 2. The fraction of sp³-hybridized carbons (Fsp3) is 0.353. The number of benzene rings is 1. The van der Waals surface area contributed by atoms with Crippen molar-refractivity contribution in [1.29, 1.82) is 0 Å². The van der Waals surface area contributed by atoms with Gasteiger partial charge in [0.15, 0.2) is 0 Å². The van der Waals surface area contributed by atoms with Crippen molar-refractivity contribution in [2.45, 2.75) is 31.8 Å². The second-order valence-corrected chi connectivity index (χ2v) is 6.36. The molecule has 1 fully saturated rings. The number of nitrogens with one attached hydrogen (secondary N) is 2. The molecule has 2 aromatic rings. The van der Waals surface area contributed by atoms with Gasteiger partial charge in [-0.15, -0.1) is 0 Å². The monoisotopic (exact) mass is 346 g/mol. The van der Waals surface area contributed by atoms with Crippen LogP contribution >= 0.6 is 11.6 Å². The standard InChI is InChI=1S/C17H19ClN4O2/c1-10-11(4-3-5-12(10)18)17(24)20-13-6-7-15(23)21-16(13)14-8-9-19-22(14)2/h3-5,8-9,13,16H,6-7H2,1-2H3,(H,20,24)(H,21,23)/t13-,16-/m1/s1. The summed E-state index contributed by atoms with van der Waals surface area (Å²) in [6.45, 7) is 1.82. The minimum Gasteiger partial charge on any atom is -0.347 e. The Kier molecular flexibility index (Phi) is 4.57. The van der Waals surface area contributed by atoms with Crippen LogP contribution in [-0.2, 0) is 11.8 Å². The number of amides is 2. The fourth-order valence-corrected chi connectivity index (χ4v) is 3.20. The van der Waals surface area contributed by atoms with Crippen molar-refractivity contribution in [3.05, 3.63) is 52.3 Å². The molecule has 7 heteroatoms. The molecular formula is C17H19ClN4O2. The second kappa shape index (κ2) is 6.65. The normalized spacial score (nSPS) is 20.5. The Hall–Kier alpha value is -2.34. The molecule has 1 aliphatic heterocycles. The summed E-state index contributed by atoms with van der Waals surface area (Å²) in [5.74, 6) is -0.214. The van der Waals surface area contributed by atoms with Gasteiger partial charge in [-0.05, 0) is 37.1 Å². The first kappa shape index (κ1) is 16.5. The van der Waals surface area contributed by atoms with Crippen LogP contribution in [0.1, 0.15) is 40.5 Å². The number of aryl methyl sites for hydroxylation is 1. The lowest BCUT2D eigenvalue weighted by Crippen LogP contribution is -2.50. The Labute approximate surface area is 145 Å². The number of carbonyl (C=O) groups is 2. The number of piperidine rings is 1. The van der Waals surface area contributed by atoms with E-state index < -0.39 is 0 Å². The summed E-state index contributed by atoms with van der Waals surface area (Å²) in [5, 5.41) is 10.7. The van der Waals surface area contributed by atoms with E-state index in [1.54, 1.807) is 29.1 Å². The van der Waals surface area contributed by atoms with Gasteiger partial charge in [0, 0.05) is 30.3 Å². The molecule has 0 radical (unpaired) electrons. The molecule has 1 aliphatic rings. The molecule has 0 bridgehead atoms. The summed E-state index contributed by atoms with van der Waals surface area (Å²) in [5.41, 5.74) is 2.15. The first-order valence-corrected chi connectivity index (χ1v) is 8.18. The van der Waals surface area contributed by atoms with Crippen LogP contribution in [0, 0.1) is 6.92 Å². The number of hydrogen-bond donors (Lipinski definition) is 2. The van der Waals surface area contributed by atoms with Gasteiger partial charge in [-0.2, -0.15) is 5.10 Å². The molecule has 2 atom stereocenters. The number of carbonyl (C=O) groups excluding carboxylic acids is 2. The van der Waals surface area contributed by atoms with Crippen LogP contribution in [-0.4, -0.2) is 27.6 Å². The predicted octanol–water partition coefficient (Wildman–Crippen LogP) is 2.13. The topological polar surface area (TPSA) is 76.0 Å². The molecule has 1 aromatic heterocycles. The predicted molar refractivity (Wildman–Crippen MR) is 90.8 cm³/mol. The number of rotatable bonds is 3. The molecule has 0 spiro atoms. The lowest BCUT2D eigenvalue weighted by atomic mass is 9.94. The third-order valence-corrected chi connectivity index (χ3v) is 4.82. The molecule has 126 valence electrons. The van der Waals surface area contributed by atoms with Gasteiger partial charge < -0.3 is 10.6 Å². The van der Waals surface area contributed by atoms with E-state index in [1.165, 1.54) is 0 Å². The maximum Gasteiger partial charge on any atom is 0.251 e. The highest BCUT2D eigenvalue weighted by atomic mass is 35.5. The third kappa shape index (κ3) is 3.14. The van der Waals surface area contributed by atoms with Crippen molar-refractivity contribution >= 4 is 23.4 Å². The summed E-state index contributed by atoms with van der Waals surface area (Å²) < 4.78 is 1.71. The Bertz CT molecular complexity index is 787. The van der Waals surface area contributed by atoms with Gasteiger partial charge in [-0.1, -0.05) is 17.7 Å². The molecule has 6 nitrogen and oxygen atoms in total. The van der Waals surface area contributed by atoms with E-state index in [0.29, 0.717) is 23.4 Å². The molecule has 2 N–H and O–H groups in total. The van der Waals surface area contributed by atoms with Crippen molar-refractivity contribution in [3.63, 3.8) is 0 Å². The minimum absolute atomic E-state index is 0.0226. The van der Waals surface area contributed by atoms with Gasteiger partial charge in [0.25, 0.3) is 5.91 Å². The largest absolute Gasteiger partial charge is 0.347 e. The SMILES string of the molecule is Cc1c(Cl)cccc1C(=O)N[C@@H]1CCC(=O)N[C@H]1c1ccnn1C. The molecular weight excluding hydrogens is 328 g/mol. The summed E-state index contributed by atoms with van der Waals surface area (Å²) in [6, 6.07) is 6.60. The summed E-state index contributed by atoms with van der Waals surface area (Å²) >= 11 is 6.10. The van der Waals surface area contributed by atoms with Gasteiger partial charge in [-0.25, -0.2) is 0 Å². The zero-order valence-corrected chi connectivity index (χ0v) is 14.3. The minimum atomic E-state index is -0.304. The third-order valence-electron chi connectivity index (χ3n) is 4.41. The Balaban J connectivity index is 1.84. The average molecular weight is 347 g/mol. The van der Waals surface area contributed by atoms with Crippen LogP contribution in [0.3, 0.4) is 0 Å². The van der Waals surface area contributed by atoms with Gasteiger partial charge in [0.1, 0.15) is 0 Å². The van der Waals surface area contributed by atoms with E-state index in [4.69, 9.17) is 11.6 Å². The number of hydrogen-bond acceptors (Lipinski definition) is 3. The van der Waals surface area contributed by atoms with E-state index >= 15 is 0 Å². The van der Waals surface area contributed by atoms with Crippen molar-refractivity contribution < 1.29 is 9.59 Å². The van der Waals surface area contributed by atoms with Crippen molar-refractivity contribution in [1.82, 2.24) is 20.4 Å². The van der Waals surface area contributed by atoms with Crippen LogP contribution in [0.5, 0.6) is 0 Å². The van der Waals surface area contributed by atoms with Crippen LogP contribution in [0.4, 0.5) is 0 Å². The van der Waals surface area contributed by atoms with Crippen LogP contribution in [0.25, 0.3) is 0 Å². The van der Waals surface area contributed by atoms with Gasteiger partial charge in [0.05, 0.1) is 17.8 Å². The number of halogens is 1. The molecule has 0 aliphatic carbocycles. The summed E-state index contributed by atoms with van der Waals surface area (Å²) in [7, 11) is 1.82. The first-order chi connectivity index (χ1) is 11.5. The molecule has 0 saturated carbocycles. The molecule has 0 unspecified atom stereocenters. The van der Waals surface area contributed by atoms with Crippen molar-refractivity contribution in [2.75, 3.05) is 0 Å². The first-order valence-electron chi connectivity index (χ1n) is 7.80. The number of nitrogens with zero attached hydrogens (tertiary/aromatic N) is 2.